The first kappa shape index (κ1) is 13.5. The van der Waals surface area contributed by atoms with E-state index in [-0.39, 0.29) is 6.04 Å². The molecule has 0 aliphatic heterocycles. The Balaban J connectivity index is 1.92. The molecule has 5 heteroatoms. The van der Waals surface area contributed by atoms with Crippen molar-refractivity contribution in [3.05, 3.63) is 11.7 Å². The minimum atomic E-state index is -0.286. The van der Waals surface area contributed by atoms with E-state index in [0.717, 1.165) is 25.3 Å². The molecule has 0 aromatic carbocycles. The largest absolute Gasteiger partial charge is 0.379 e. The zero-order valence-corrected chi connectivity index (χ0v) is 11.3. The van der Waals surface area contributed by atoms with E-state index >= 15 is 0 Å². The zero-order chi connectivity index (χ0) is 13.0. The standard InChI is InChI=1S/C13H23N3O2/c1-3-7-17-8-11(14)12-15-13(18-16-12)10-6-4-5-9(10)2/h9-11H,3-8,14H2,1-2H3. The molecule has 18 heavy (non-hydrogen) atoms. The molecular weight excluding hydrogens is 230 g/mol. The third-order valence-electron chi connectivity index (χ3n) is 3.61. The molecule has 3 unspecified atom stereocenters. The summed E-state index contributed by atoms with van der Waals surface area (Å²) in [4.78, 5) is 4.44. The number of rotatable bonds is 6. The van der Waals surface area contributed by atoms with Gasteiger partial charge >= 0.3 is 0 Å². The summed E-state index contributed by atoms with van der Waals surface area (Å²) < 4.78 is 10.8. The van der Waals surface area contributed by atoms with E-state index in [1.807, 2.05) is 0 Å². The molecule has 1 aliphatic carbocycles. The van der Waals surface area contributed by atoms with Gasteiger partial charge in [-0.3, -0.25) is 0 Å². The number of nitrogens with zero attached hydrogens (tertiary/aromatic N) is 2. The highest BCUT2D eigenvalue weighted by molar-refractivity contribution is 5.01. The smallest absolute Gasteiger partial charge is 0.230 e. The van der Waals surface area contributed by atoms with Crippen LogP contribution in [0.2, 0.25) is 0 Å². The van der Waals surface area contributed by atoms with Gasteiger partial charge in [-0.15, -0.1) is 0 Å². The first-order valence-corrected chi connectivity index (χ1v) is 6.89. The maximum atomic E-state index is 5.97. The monoisotopic (exact) mass is 253 g/mol. The lowest BCUT2D eigenvalue weighted by Gasteiger charge is -2.09. The van der Waals surface area contributed by atoms with Gasteiger partial charge in [0.1, 0.15) is 0 Å². The minimum absolute atomic E-state index is 0.286. The molecule has 5 nitrogen and oxygen atoms in total. The van der Waals surface area contributed by atoms with Crippen molar-refractivity contribution in [3.8, 4) is 0 Å². The lowest BCUT2D eigenvalue weighted by Crippen LogP contribution is -2.19. The van der Waals surface area contributed by atoms with Gasteiger partial charge in [0.2, 0.25) is 5.89 Å². The summed E-state index contributed by atoms with van der Waals surface area (Å²) >= 11 is 0. The van der Waals surface area contributed by atoms with Crippen LogP contribution in [0.15, 0.2) is 4.52 Å². The fraction of sp³-hybridized carbons (Fsp3) is 0.846. The Bertz CT molecular complexity index is 367. The van der Waals surface area contributed by atoms with Crippen LogP contribution in [0.5, 0.6) is 0 Å². The highest BCUT2D eigenvalue weighted by Gasteiger charge is 2.30. The molecule has 102 valence electrons. The molecule has 0 bridgehead atoms. The van der Waals surface area contributed by atoms with Gasteiger partial charge in [-0.1, -0.05) is 25.4 Å². The van der Waals surface area contributed by atoms with E-state index in [9.17, 15) is 0 Å². The van der Waals surface area contributed by atoms with E-state index in [2.05, 4.69) is 24.0 Å². The van der Waals surface area contributed by atoms with Crippen LogP contribution in [0.3, 0.4) is 0 Å². The van der Waals surface area contributed by atoms with Crippen molar-refractivity contribution in [2.45, 2.75) is 51.5 Å². The van der Waals surface area contributed by atoms with Crippen molar-refractivity contribution in [1.29, 1.82) is 0 Å². The van der Waals surface area contributed by atoms with Crippen molar-refractivity contribution in [2.75, 3.05) is 13.2 Å². The second-order valence-corrected chi connectivity index (χ2v) is 5.19. The van der Waals surface area contributed by atoms with Crippen LogP contribution in [0, 0.1) is 5.92 Å². The van der Waals surface area contributed by atoms with Crippen LogP contribution < -0.4 is 5.73 Å². The summed E-state index contributed by atoms with van der Waals surface area (Å²) in [5, 5.41) is 3.98. The van der Waals surface area contributed by atoms with Crippen LogP contribution >= 0.6 is 0 Å². The molecule has 0 saturated heterocycles. The van der Waals surface area contributed by atoms with Crippen LogP contribution in [0.4, 0.5) is 0 Å². The molecule has 0 radical (unpaired) electrons. The normalized spacial score (nSPS) is 25.5. The number of hydrogen-bond acceptors (Lipinski definition) is 5. The highest BCUT2D eigenvalue weighted by Crippen LogP contribution is 2.38. The average molecular weight is 253 g/mol. The predicted octanol–water partition coefficient (Wildman–Crippen LogP) is 2.40. The fourth-order valence-electron chi connectivity index (χ4n) is 2.49. The molecule has 1 aromatic heterocycles. The van der Waals surface area contributed by atoms with Gasteiger partial charge in [0.15, 0.2) is 5.82 Å². The molecule has 2 N–H and O–H groups in total. The molecule has 0 amide bonds. The maximum Gasteiger partial charge on any atom is 0.230 e. The first-order chi connectivity index (χ1) is 8.72. The van der Waals surface area contributed by atoms with E-state index in [1.54, 1.807) is 0 Å². The van der Waals surface area contributed by atoms with E-state index in [0.29, 0.717) is 24.3 Å². The summed E-state index contributed by atoms with van der Waals surface area (Å²) in [6.45, 7) is 5.48. The Labute approximate surface area is 108 Å². The Morgan fingerprint density at radius 1 is 1.50 bits per heavy atom. The average Bonchev–Trinajstić information content (AvgIpc) is 2.97. The molecule has 0 spiro atoms. The molecule has 1 aromatic rings. The molecule has 2 rings (SSSR count). The number of aromatic nitrogens is 2. The van der Waals surface area contributed by atoms with Crippen molar-refractivity contribution in [2.24, 2.45) is 11.7 Å². The van der Waals surface area contributed by atoms with Crippen molar-refractivity contribution in [1.82, 2.24) is 10.1 Å². The van der Waals surface area contributed by atoms with Gasteiger partial charge in [0.05, 0.1) is 12.6 Å². The summed E-state index contributed by atoms with van der Waals surface area (Å²) in [6, 6.07) is -0.286. The van der Waals surface area contributed by atoms with Crippen LogP contribution in [-0.2, 0) is 4.74 Å². The second-order valence-electron chi connectivity index (χ2n) is 5.19. The quantitative estimate of drug-likeness (QED) is 0.788. The topological polar surface area (TPSA) is 74.2 Å². The van der Waals surface area contributed by atoms with E-state index in [1.165, 1.54) is 12.8 Å². The zero-order valence-electron chi connectivity index (χ0n) is 11.3. The SMILES string of the molecule is CCCOCC(N)c1noc(C2CCCC2C)n1. The summed E-state index contributed by atoms with van der Waals surface area (Å²) in [5.41, 5.74) is 5.97. The summed E-state index contributed by atoms with van der Waals surface area (Å²) in [5.74, 6) is 2.36. The predicted molar refractivity (Wildman–Crippen MR) is 68.1 cm³/mol. The Morgan fingerprint density at radius 3 is 3.00 bits per heavy atom. The van der Waals surface area contributed by atoms with Gasteiger partial charge in [-0.2, -0.15) is 4.98 Å². The summed E-state index contributed by atoms with van der Waals surface area (Å²) in [6.07, 6.45) is 4.62. The molecule has 1 fully saturated rings. The molecular formula is C13H23N3O2. The lowest BCUT2D eigenvalue weighted by molar-refractivity contribution is 0.119. The highest BCUT2D eigenvalue weighted by atomic mass is 16.5. The first-order valence-electron chi connectivity index (χ1n) is 6.89. The molecule has 3 atom stereocenters. The van der Waals surface area contributed by atoms with Crippen molar-refractivity contribution >= 4 is 0 Å². The van der Waals surface area contributed by atoms with Gasteiger partial charge in [-0.25, -0.2) is 0 Å². The van der Waals surface area contributed by atoms with E-state index in [4.69, 9.17) is 15.0 Å². The fourth-order valence-corrected chi connectivity index (χ4v) is 2.49. The van der Waals surface area contributed by atoms with Crippen molar-refractivity contribution < 1.29 is 9.26 Å². The Hall–Kier alpha value is -0.940. The Morgan fingerprint density at radius 2 is 2.33 bits per heavy atom. The van der Waals surface area contributed by atoms with Crippen LogP contribution in [0.25, 0.3) is 0 Å². The third kappa shape index (κ3) is 3.09. The maximum absolute atomic E-state index is 5.97. The molecule has 1 heterocycles. The second kappa shape index (κ2) is 6.29. The summed E-state index contributed by atoms with van der Waals surface area (Å²) in [7, 11) is 0. The number of nitrogens with two attached hydrogens (primary N) is 1. The van der Waals surface area contributed by atoms with Gasteiger partial charge in [0, 0.05) is 12.5 Å². The molecule has 1 aliphatic rings. The van der Waals surface area contributed by atoms with Crippen LogP contribution in [-0.4, -0.2) is 23.4 Å². The number of hydrogen-bond donors (Lipinski definition) is 1. The third-order valence-corrected chi connectivity index (χ3v) is 3.61. The number of ether oxygens (including phenoxy) is 1. The Kier molecular flexibility index (Phi) is 4.72. The van der Waals surface area contributed by atoms with Crippen molar-refractivity contribution in [3.63, 3.8) is 0 Å². The van der Waals surface area contributed by atoms with Gasteiger partial charge in [-0.05, 0) is 25.2 Å². The molecule has 1 saturated carbocycles. The minimum Gasteiger partial charge on any atom is -0.379 e. The lowest BCUT2D eigenvalue weighted by atomic mass is 9.98. The van der Waals surface area contributed by atoms with Gasteiger partial charge < -0.3 is 15.0 Å². The van der Waals surface area contributed by atoms with E-state index < -0.39 is 0 Å². The van der Waals surface area contributed by atoms with Gasteiger partial charge in [0.25, 0.3) is 0 Å². The van der Waals surface area contributed by atoms with Crippen LogP contribution in [0.1, 0.15) is 63.2 Å².